The van der Waals surface area contributed by atoms with Crippen molar-refractivity contribution >= 4 is 34.2 Å². The van der Waals surface area contributed by atoms with Gasteiger partial charge in [0.15, 0.2) is 5.82 Å². The molecule has 1 aromatic heterocycles. The van der Waals surface area contributed by atoms with Gasteiger partial charge in [-0.2, -0.15) is 0 Å². The maximum Gasteiger partial charge on any atom is 0.327 e. The summed E-state index contributed by atoms with van der Waals surface area (Å²) in [6, 6.07) is 16.3. The highest BCUT2D eigenvalue weighted by Gasteiger charge is 2.33. The number of rotatable bonds is 9. The lowest BCUT2D eigenvalue weighted by Gasteiger charge is -2.40. The third-order valence-corrected chi connectivity index (χ3v) is 9.20. The monoisotopic (exact) mass is 671 g/mol. The molecule has 3 heterocycles. The maximum atomic E-state index is 14.3. The first kappa shape index (κ1) is 33.7. The van der Waals surface area contributed by atoms with E-state index >= 15 is 0 Å². The van der Waals surface area contributed by atoms with Crippen molar-refractivity contribution < 1.29 is 23.5 Å². The van der Waals surface area contributed by atoms with Crippen LogP contribution in [-0.2, 0) is 4.79 Å². The lowest BCUT2D eigenvalue weighted by atomic mass is 10.1. The number of likely N-dealkylation sites (tertiary alicyclic amines) is 1. The number of anilines is 2. The number of urea groups is 1. The number of amides is 3. The Balaban J connectivity index is 1.37. The summed E-state index contributed by atoms with van der Waals surface area (Å²) >= 11 is 0. The van der Waals surface area contributed by atoms with E-state index in [0.29, 0.717) is 72.3 Å². The predicted molar refractivity (Wildman–Crippen MR) is 187 cm³/mol. The number of carbonyl (C=O) groups excluding carboxylic acids is 2. The summed E-state index contributed by atoms with van der Waals surface area (Å²) < 4.78 is 26.4. The highest BCUT2D eigenvalue weighted by atomic mass is 19.1. The Kier molecular flexibility index (Phi) is 10.3. The van der Waals surface area contributed by atoms with Crippen LogP contribution >= 0.6 is 0 Å². The molecule has 2 aliphatic heterocycles. The molecule has 2 fully saturated rings. The van der Waals surface area contributed by atoms with Gasteiger partial charge in [-0.25, -0.2) is 18.8 Å². The molecule has 0 spiro atoms. The molecule has 12 nitrogen and oxygen atoms in total. The molecule has 13 heteroatoms. The van der Waals surface area contributed by atoms with Gasteiger partial charge in [-0.1, -0.05) is 18.6 Å². The van der Waals surface area contributed by atoms with E-state index in [1.165, 1.54) is 49.8 Å². The fourth-order valence-electron chi connectivity index (χ4n) is 6.55. The lowest BCUT2D eigenvalue weighted by Crippen LogP contribution is -2.58. The van der Waals surface area contributed by atoms with E-state index in [9.17, 15) is 18.8 Å². The van der Waals surface area contributed by atoms with Crippen LogP contribution in [0.3, 0.4) is 0 Å². The van der Waals surface area contributed by atoms with Gasteiger partial charge in [0.1, 0.15) is 17.3 Å². The molecule has 6 rings (SSSR count). The van der Waals surface area contributed by atoms with E-state index in [1.54, 1.807) is 48.0 Å². The van der Waals surface area contributed by atoms with Crippen LogP contribution in [0.2, 0.25) is 0 Å². The van der Waals surface area contributed by atoms with Gasteiger partial charge in [-0.05, 0) is 81.4 Å². The molecular weight excluding hydrogens is 629 g/mol. The number of hydrogen-bond donors (Lipinski definition) is 1. The van der Waals surface area contributed by atoms with Crippen molar-refractivity contribution in [2.24, 2.45) is 0 Å². The topological polar surface area (TPSA) is 112 Å². The van der Waals surface area contributed by atoms with Crippen LogP contribution < -0.4 is 30.3 Å². The number of hydrogen-bond acceptors (Lipinski definition) is 8. The zero-order chi connectivity index (χ0) is 34.5. The molecule has 0 aliphatic carbocycles. The van der Waals surface area contributed by atoms with Gasteiger partial charge in [-0.15, -0.1) is 0 Å². The van der Waals surface area contributed by atoms with Crippen LogP contribution in [0.25, 0.3) is 10.9 Å². The van der Waals surface area contributed by atoms with Crippen LogP contribution in [0.4, 0.5) is 20.6 Å². The van der Waals surface area contributed by atoms with Crippen LogP contribution in [0.5, 0.6) is 11.5 Å². The summed E-state index contributed by atoms with van der Waals surface area (Å²) in [6.45, 7) is 5.77. The minimum absolute atomic E-state index is 0.0920. The maximum absolute atomic E-state index is 14.3. The number of ether oxygens (including phenoxy) is 2. The molecule has 3 amide bonds. The average Bonchev–Trinajstić information content (AvgIpc) is 3.13. The fourth-order valence-corrected chi connectivity index (χ4v) is 6.55. The number of piperidine rings is 1. The number of carbonyl (C=O) groups is 2. The van der Waals surface area contributed by atoms with Gasteiger partial charge in [0.05, 0.1) is 56.5 Å². The van der Waals surface area contributed by atoms with Gasteiger partial charge in [-0.3, -0.25) is 19.4 Å². The van der Waals surface area contributed by atoms with Crippen molar-refractivity contribution in [3.8, 4) is 11.5 Å². The average molecular weight is 672 g/mol. The van der Waals surface area contributed by atoms with E-state index in [1.807, 2.05) is 16.0 Å². The molecule has 1 N–H and O–H groups in total. The molecule has 1 unspecified atom stereocenters. The first-order valence-corrected chi connectivity index (χ1v) is 16.6. The third-order valence-electron chi connectivity index (χ3n) is 9.20. The van der Waals surface area contributed by atoms with Crippen LogP contribution in [0.15, 0.2) is 71.5 Å². The van der Waals surface area contributed by atoms with E-state index in [4.69, 9.17) is 14.5 Å². The summed E-state index contributed by atoms with van der Waals surface area (Å²) in [5.74, 6) is 0.868. The van der Waals surface area contributed by atoms with E-state index < -0.39 is 17.9 Å². The second-order valence-electron chi connectivity index (χ2n) is 12.3. The number of nitrogens with one attached hydrogen (secondary N) is 1. The van der Waals surface area contributed by atoms with Gasteiger partial charge in [0, 0.05) is 24.8 Å². The summed E-state index contributed by atoms with van der Waals surface area (Å²) in [4.78, 5) is 52.2. The highest BCUT2D eigenvalue weighted by molar-refractivity contribution is 6.03. The molecular formula is C36H42FN7O5. The number of fused-ring (bicyclic) bond motifs is 1. The summed E-state index contributed by atoms with van der Waals surface area (Å²) in [5.41, 5.74) is 0.991. The van der Waals surface area contributed by atoms with Crippen LogP contribution in [-0.4, -0.2) is 91.4 Å². The van der Waals surface area contributed by atoms with E-state index in [0.717, 1.165) is 25.9 Å². The summed E-state index contributed by atoms with van der Waals surface area (Å²) in [7, 11) is 3.03. The number of benzene rings is 3. The molecule has 258 valence electrons. The Labute approximate surface area is 284 Å². The number of aromatic nitrogens is 2. The molecule has 0 saturated carbocycles. The summed E-state index contributed by atoms with van der Waals surface area (Å²) in [5, 5.41) is 5.20. The Hall–Kier alpha value is -5.17. The minimum Gasteiger partial charge on any atom is -0.497 e. The van der Waals surface area contributed by atoms with Crippen molar-refractivity contribution in [3.63, 3.8) is 0 Å². The Bertz CT molecular complexity index is 1850. The zero-order valence-corrected chi connectivity index (χ0v) is 28.1. The fraction of sp³-hybridized carbons (Fsp3) is 0.389. The quantitative estimate of drug-likeness (QED) is 0.275. The molecule has 4 aromatic rings. The number of halogens is 1. The first-order valence-electron chi connectivity index (χ1n) is 16.6. The van der Waals surface area contributed by atoms with Gasteiger partial charge in [0.2, 0.25) is 5.91 Å². The number of para-hydroxylation sites is 1. The van der Waals surface area contributed by atoms with Crippen LogP contribution in [0, 0.1) is 5.82 Å². The normalized spacial score (nSPS) is 15.9. The second-order valence-corrected chi connectivity index (χ2v) is 12.3. The Morgan fingerprint density at radius 3 is 2.33 bits per heavy atom. The summed E-state index contributed by atoms with van der Waals surface area (Å²) in [6.07, 6.45) is 3.43. The minimum atomic E-state index is -0.821. The highest BCUT2D eigenvalue weighted by Crippen LogP contribution is 2.37. The van der Waals surface area contributed by atoms with Gasteiger partial charge < -0.3 is 24.7 Å². The molecule has 2 saturated heterocycles. The first-order chi connectivity index (χ1) is 23.8. The van der Waals surface area contributed by atoms with Crippen molar-refractivity contribution in [2.45, 2.75) is 32.2 Å². The zero-order valence-electron chi connectivity index (χ0n) is 28.1. The molecule has 49 heavy (non-hydrogen) atoms. The molecule has 2 aliphatic rings. The molecule has 3 aromatic carbocycles. The van der Waals surface area contributed by atoms with Crippen molar-refractivity contribution in [2.75, 3.05) is 75.3 Å². The molecule has 1 atom stereocenters. The Morgan fingerprint density at radius 2 is 1.63 bits per heavy atom. The number of nitrogens with zero attached hydrogens (tertiary/aromatic N) is 6. The smallest absolute Gasteiger partial charge is 0.327 e. The number of methoxy groups -OCH3 is 2. The number of piperazine rings is 1. The predicted octanol–water partition coefficient (Wildman–Crippen LogP) is 4.62. The molecule has 0 bridgehead atoms. The lowest BCUT2D eigenvalue weighted by molar-refractivity contribution is -0.133. The second kappa shape index (κ2) is 14.9. The van der Waals surface area contributed by atoms with Crippen LogP contribution in [0.1, 0.15) is 38.1 Å². The van der Waals surface area contributed by atoms with Gasteiger partial charge >= 0.3 is 6.03 Å². The van der Waals surface area contributed by atoms with Crippen molar-refractivity contribution in [3.05, 3.63) is 88.7 Å². The Morgan fingerprint density at radius 1 is 0.918 bits per heavy atom. The van der Waals surface area contributed by atoms with Crippen molar-refractivity contribution in [1.82, 2.24) is 19.5 Å². The van der Waals surface area contributed by atoms with Crippen molar-refractivity contribution in [1.29, 1.82) is 0 Å². The SMILES string of the molecule is COc1ccc(N(C(=O)Nc2ccc(F)cc2)C(C)c2nc3ccccc3c(=O)n2N2CCN(C(=O)CN3CCCCC3)CC2)c(OC)c1. The molecule has 0 radical (unpaired) electrons. The van der Waals surface area contributed by atoms with E-state index in [-0.39, 0.29) is 11.5 Å². The third kappa shape index (κ3) is 7.31. The standard InChI is InChI=1S/C36H42FN7O5/c1-25(43(31-16-15-28(48-2)23-32(31)49-3)36(47)38-27-13-11-26(37)12-14-27)34-39-30-10-6-5-9-29(30)35(46)44(34)42-21-19-41(20-22-42)33(45)24-40-17-7-4-8-18-40/h5-6,9-16,23,25H,4,7-8,17-22,24H2,1-3H3,(H,38,47). The van der Waals surface area contributed by atoms with Gasteiger partial charge in [0.25, 0.3) is 5.56 Å². The van der Waals surface area contributed by atoms with E-state index in [2.05, 4.69) is 10.2 Å². The largest absolute Gasteiger partial charge is 0.497 e.